The van der Waals surface area contributed by atoms with Gasteiger partial charge in [0.05, 0.1) is 0 Å². The quantitative estimate of drug-likeness (QED) is 0.128. The Morgan fingerprint density at radius 1 is 0.656 bits per heavy atom. The van der Waals surface area contributed by atoms with Crippen LogP contribution in [0.5, 0.6) is 0 Å². The molecule has 5 heteroatoms. The first-order valence-electron chi connectivity index (χ1n) is 13.8. The molecule has 0 aromatic heterocycles. The average Bonchev–Trinajstić information content (AvgIpc) is 2.77. The predicted octanol–water partition coefficient (Wildman–Crippen LogP) is 7.12. The van der Waals surface area contributed by atoms with Gasteiger partial charge >= 0.3 is 5.97 Å². The van der Waals surface area contributed by atoms with Gasteiger partial charge in [-0.25, -0.2) is 4.79 Å². The summed E-state index contributed by atoms with van der Waals surface area (Å²) in [6.45, 7) is 2.83. The molecule has 32 heavy (non-hydrogen) atoms. The maximum atomic E-state index is 12.0. The van der Waals surface area contributed by atoms with Gasteiger partial charge in [0.15, 0.2) is 0 Å². The minimum Gasteiger partial charge on any atom is -0.480 e. The van der Waals surface area contributed by atoms with Gasteiger partial charge in [0.25, 0.3) is 0 Å². The van der Waals surface area contributed by atoms with Gasteiger partial charge in [0.1, 0.15) is 6.04 Å². The van der Waals surface area contributed by atoms with Gasteiger partial charge in [-0.3, -0.25) is 4.79 Å². The van der Waals surface area contributed by atoms with Crippen molar-refractivity contribution in [2.75, 3.05) is 6.54 Å². The van der Waals surface area contributed by atoms with E-state index >= 15 is 0 Å². The number of carboxylic acid groups (broad SMARTS) is 1. The van der Waals surface area contributed by atoms with Crippen molar-refractivity contribution in [2.45, 2.75) is 154 Å². The van der Waals surface area contributed by atoms with Crippen LogP contribution in [0.3, 0.4) is 0 Å². The number of hydrogen-bond acceptors (Lipinski definition) is 3. The van der Waals surface area contributed by atoms with Crippen LogP contribution in [-0.4, -0.2) is 29.6 Å². The van der Waals surface area contributed by atoms with E-state index in [2.05, 4.69) is 12.2 Å². The third kappa shape index (κ3) is 22.1. The molecule has 0 rings (SSSR count). The van der Waals surface area contributed by atoms with Crippen molar-refractivity contribution < 1.29 is 14.7 Å². The highest BCUT2D eigenvalue weighted by Gasteiger charge is 2.18. The van der Waals surface area contributed by atoms with E-state index in [-0.39, 0.29) is 5.91 Å². The summed E-state index contributed by atoms with van der Waals surface area (Å²) in [6, 6.07) is -0.774. The maximum Gasteiger partial charge on any atom is 0.326 e. The summed E-state index contributed by atoms with van der Waals surface area (Å²) in [5, 5.41) is 11.9. The summed E-state index contributed by atoms with van der Waals surface area (Å²) in [4.78, 5) is 23.2. The Bertz CT molecular complexity index is 429. The van der Waals surface area contributed by atoms with Crippen LogP contribution in [-0.2, 0) is 9.59 Å². The topological polar surface area (TPSA) is 92.4 Å². The van der Waals surface area contributed by atoms with E-state index in [0.717, 1.165) is 25.7 Å². The Balaban J connectivity index is 3.36. The first-order chi connectivity index (χ1) is 15.6. The molecular formula is C27H54N2O3. The highest BCUT2D eigenvalue weighted by Crippen LogP contribution is 2.14. The molecule has 5 nitrogen and oxygen atoms in total. The Labute approximate surface area is 198 Å². The first-order valence-corrected chi connectivity index (χ1v) is 13.8. The van der Waals surface area contributed by atoms with Gasteiger partial charge in [-0.2, -0.15) is 0 Å². The Hall–Kier alpha value is -1.10. The van der Waals surface area contributed by atoms with Crippen molar-refractivity contribution in [1.29, 1.82) is 0 Å². The lowest BCUT2D eigenvalue weighted by Crippen LogP contribution is -2.40. The van der Waals surface area contributed by atoms with Crippen LogP contribution in [0.2, 0.25) is 0 Å². The highest BCUT2D eigenvalue weighted by atomic mass is 16.4. The Kier molecular flexibility index (Phi) is 23.7. The number of aliphatic carboxylic acids is 1. The number of amides is 1. The van der Waals surface area contributed by atoms with E-state index in [1.807, 2.05) is 0 Å². The number of carbonyl (C=O) groups is 2. The van der Waals surface area contributed by atoms with E-state index in [9.17, 15) is 14.7 Å². The van der Waals surface area contributed by atoms with Gasteiger partial charge < -0.3 is 16.2 Å². The fraction of sp³-hybridized carbons (Fsp3) is 0.926. The number of nitrogens with two attached hydrogens (primary N) is 1. The van der Waals surface area contributed by atoms with Crippen LogP contribution in [0.15, 0.2) is 0 Å². The number of carboxylic acids is 1. The van der Waals surface area contributed by atoms with Crippen LogP contribution in [0.1, 0.15) is 148 Å². The standard InChI is InChI=1S/C27H54N2O3/c1-2-3-4-5-6-7-8-9-10-11-12-13-14-15-16-17-18-19-23-26(30)29-25(27(31)32)22-20-21-24-28/h25H,2-24,28H2,1H3,(H,29,30)(H,31,32)/t25-/m0/s1. The number of unbranched alkanes of at least 4 members (excludes halogenated alkanes) is 18. The minimum atomic E-state index is -0.951. The molecule has 0 aliphatic rings. The monoisotopic (exact) mass is 454 g/mol. The number of carbonyl (C=O) groups excluding carboxylic acids is 1. The normalized spacial score (nSPS) is 12.1. The maximum absolute atomic E-state index is 12.0. The molecule has 4 N–H and O–H groups in total. The fourth-order valence-electron chi connectivity index (χ4n) is 4.20. The van der Waals surface area contributed by atoms with Gasteiger partial charge in [0.2, 0.25) is 5.91 Å². The van der Waals surface area contributed by atoms with E-state index in [4.69, 9.17) is 5.73 Å². The fourth-order valence-corrected chi connectivity index (χ4v) is 4.20. The molecule has 0 heterocycles. The Morgan fingerprint density at radius 3 is 1.44 bits per heavy atom. The van der Waals surface area contributed by atoms with Crippen LogP contribution < -0.4 is 11.1 Å². The minimum absolute atomic E-state index is 0.137. The van der Waals surface area contributed by atoms with Crippen molar-refractivity contribution in [3.8, 4) is 0 Å². The summed E-state index contributed by atoms with van der Waals surface area (Å²) >= 11 is 0. The van der Waals surface area contributed by atoms with Gasteiger partial charge in [-0.1, -0.05) is 116 Å². The van der Waals surface area contributed by atoms with Crippen molar-refractivity contribution in [2.24, 2.45) is 5.73 Å². The largest absolute Gasteiger partial charge is 0.480 e. The number of rotatable bonds is 25. The molecule has 0 saturated heterocycles. The molecule has 0 unspecified atom stereocenters. The summed E-state index contributed by atoms with van der Waals surface area (Å²) in [5.74, 6) is -1.09. The molecule has 0 aromatic rings. The third-order valence-electron chi connectivity index (χ3n) is 6.34. The number of nitrogens with one attached hydrogen (secondary N) is 1. The number of hydrogen-bond donors (Lipinski definition) is 3. The van der Waals surface area contributed by atoms with E-state index in [1.54, 1.807) is 0 Å². The second-order valence-electron chi connectivity index (χ2n) is 9.50. The summed E-state index contributed by atoms with van der Waals surface area (Å²) in [5.41, 5.74) is 5.44. The predicted molar refractivity (Wildman–Crippen MR) is 136 cm³/mol. The average molecular weight is 455 g/mol. The first kappa shape index (κ1) is 30.9. The SMILES string of the molecule is CCCCCCCCCCCCCCCCCCCCC(=O)N[C@@H](CCCCN)C(=O)O. The summed E-state index contributed by atoms with van der Waals surface area (Å²) in [6.07, 6.45) is 26.2. The zero-order chi connectivity index (χ0) is 23.7. The second-order valence-corrected chi connectivity index (χ2v) is 9.50. The lowest BCUT2D eigenvalue weighted by atomic mass is 10.0. The van der Waals surface area contributed by atoms with Crippen LogP contribution in [0.4, 0.5) is 0 Å². The molecule has 0 bridgehead atoms. The zero-order valence-electron chi connectivity index (χ0n) is 21.2. The molecule has 0 spiro atoms. The highest BCUT2D eigenvalue weighted by molar-refractivity contribution is 5.83. The molecule has 190 valence electrons. The van der Waals surface area contributed by atoms with E-state index in [0.29, 0.717) is 19.4 Å². The van der Waals surface area contributed by atoms with Crippen molar-refractivity contribution in [3.63, 3.8) is 0 Å². The lowest BCUT2D eigenvalue weighted by Gasteiger charge is -2.14. The zero-order valence-corrected chi connectivity index (χ0v) is 21.2. The van der Waals surface area contributed by atoms with Crippen molar-refractivity contribution in [1.82, 2.24) is 5.32 Å². The molecule has 0 fully saturated rings. The molecule has 1 amide bonds. The summed E-state index contributed by atoms with van der Waals surface area (Å²) in [7, 11) is 0. The smallest absolute Gasteiger partial charge is 0.326 e. The second kappa shape index (κ2) is 24.5. The molecule has 1 atom stereocenters. The Morgan fingerprint density at radius 2 is 1.06 bits per heavy atom. The lowest BCUT2D eigenvalue weighted by molar-refractivity contribution is -0.142. The van der Waals surface area contributed by atoms with Crippen molar-refractivity contribution in [3.05, 3.63) is 0 Å². The molecule has 0 saturated carbocycles. The molecule has 0 aliphatic heterocycles. The van der Waals surface area contributed by atoms with Crippen LogP contribution in [0, 0.1) is 0 Å². The summed E-state index contributed by atoms with van der Waals surface area (Å²) < 4.78 is 0. The van der Waals surface area contributed by atoms with E-state index in [1.165, 1.54) is 103 Å². The third-order valence-corrected chi connectivity index (χ3v) is 6.34. The molecule has 0 aromatic carbocycles. The van der Waals surface area contributed by atoms with Gasteiger partial charge in [0, 0.05) is 6.42 Å². The molecular weight excluding hydrogens is 400 g/mol. The van der Waals surface area contributed by atoms with E-state index < -0.39 is 12.0 Å². The molecule has 0 radical (unpaired) electrons. The van der Waals surface area contributed by atoms with Crippen LogP contribution in [0.25, 0.3) is 0 Å². The van der Waals surface area contributed by atoms with Crippen LogP contribution >= 0.6 is 0 Å². The van der Waals surface area contributed by atoms with Gasteiger partial charge in [-0.15, -0.1) is 0 Å². The van der Waals surface area contributed by atoms with Gasteiger partial charge in [-0.05, 0) is 32.2 Å². The molecule has 0 aliphatic carbocycles. The van der Waals surface area contributed by atoms with Crippen molar-refractivity contribution >= 4 is 11.9 Å².